The summed E-state index contributed by atoms with van der Waals surface area (Å²) in [6.07, 6.45) is 1.99. The quantitative estimate of drug-likeness (QED) is 0.770. The predicted molar refractivity (Wildman–Crippen MR) is 99.3 cm³/mol. The molecule has 2 aromatic carbocycles. The van der Waals surface area contributed by atoms with Gasteiger partial charge in [0.15, 0.2) is 0 Å². The molecule has 1 aliphatic heterocycles. The van der Waals surface area contributed by atoms with Crippen molar-refractivity contribution in [2.45, 2.75) is 9.79 Å². The number of carbonyl (C=O) groups is 1. The second-order valence-electron chi connectivity index (χ2n) is 5.74. The molecule has 3 rings (SSSR count). The highest BCUT2D eigenvalue weighted by molar-refractivity contribution is 7.98. The lowest BCUT2D eigenvalue weighted by molar-refractivity contribution is 0.0698. The van der Waals surface area contributed by atoms with Crippen LogP contribution < -0.4 is 0 Å². The lowest BCUT2D eigenvalue weighted by Gasteiger charge is -2.34. The Morgan fingerprint density at radius 1 is 0.920 bits per heavy atom. The van der Waals surface area contributed by atoms with E-state index in [1.807, 2.05) is 30.5 Å². The van der Waals surface area contributed by atoms with Crippen LogP contribution >= 0.6 is 11.8 Å². The average molecular weight is 377 g/mol. The maximum atomic E-state index is 12.6. The van der Waals surface area contributed by atoms with E-state index in [1.165, 1.54) is 4.31 Å². The highest BCUT2D eigenvalue weighted by Gasteiger charge is 2.30. The standard InChI is InChI=1S/C18H20N2O3S2/c1-24-16-9-7-15(8-10-16)18(21)19-11-13-20(14-12-19)25(22,23)17-5-3-2-4-6-17/h2-10H,11-14H2,1H3. The Morgan fingerprint density at radius 3 is 2.08 bits per heavy atom. The van der Waals surface area contributed by atoms with Gasteiger partial charge in [-0.1, -0.05) is 18.2 Å². The van der Waals surface area contributed by atoms with Crippen LogP contribution in [0.3, 0.4) is 0 Å². The Kier molecular flexibility index (Phi) is 5.46. The van der Waals surface area contributed by atoms with Crippen molar-refractivity contribution in [3.63, 3.8) is 0 Å². The van der Waals surface area contributed by atoms with E-state index in [-0.39, 0.29) is 5.91 Å². The van der Waals surface area contributed by atoms with Crippen LogP contribution in [0, 0.1) is 0 Å². The summed E-state index contributed by atoms with van der Waals surface area (Å²) < 4.78 is 26.7. The zero-order valence-corrected chi connectivity index (χ0v) is 15.6. The Morgan fingerprint density at radius 2 is 1.52 bits per heavy atom. The van der Waals surface area contributed by atoms with E-state index >= 15 is 0 Å². The van der Waals surface area contributed by atoms with E-state index in [1.54, 1.807) is 47.0 Å². The van der Waals surface area contributed by atoms with Crippen molar-refractivity contribution in [2.75, 3.05) is 32.4 Å². The molecule has 1 amide bonds. The van der Waals surface area contributed by atoms with Crippen molar-refractivity contribution in [1.82, 2.24) is 9.21 Å². The number of carbonyl (C=O) groups excluding carboxylic acids is 1. The molecule has 0 saturated carbocycles. The van der Waals surface area contributed by atoms with Gasteiger partial charge in [0.2, 0.25) is 10.0 Å². The van der Waals surface area contributed by atoms with Gasteiger partial charge < -0.3 is 4.90 Å². The van der Waals surface area contributed by atoms with Crippen LogP contribution in [0.25, 0.3) is 0 Å². The molecular weight excluding hydrogens is 356 g/mol. The van der Waals surface area contributed by atoms with Gasteiger partial charge in [0, 0.05) is 36.6 Å². The maximum absolute atomic E-state index is 12.6. The number of hydrogen-bond donors (Lipinski definition) is 0. The van der Waals surface area contributed by atoms with E-state index in [4.69, 9.17) is 0 Å². The number of hydrogen-bond acceptors (Lipinski definition) is 4. The fourth-order valence-corrected chi connectivity index (χ4v) is 4.64. The number of benzene rings is 2. The molecule has 1 saturated heterocycles. The fraction of sp³-hybridized carbons (Fsp3) is 0.278. The molecular formula is C18H20N2O3S2. The Balaban J connectivity index is 1.66. The molecule has 0 N–H and O–H groups in total. The summed E-state index contributed by atoms with van der Waals surface area (Å²) in [6.45, 7) is 1.42. The van der Waals surface area contributed by atoms with Crippen LogP contribution in [-0.4, -0.2) is 56.0 Å². The van der Waals surface area contributed by atoms with Gasteiger partial charge in [-0.05, 0) is 42.7 Å². The van der Waals surface area contributed by atoms with Gasteiger partial charge in [0.1, 0.15) is 0 Å². The van der Waals surface area contributed by atoms with Crippen molar-refractivity contribution in [3.05, 3.63) is 60.2 Å². The summed E-state index contributed by atoms with van der Waals surface area (Å²) in [6, 6.07) is 15.9. The van der Waals surface area contributed by atoms with Gasteiger partial charge in [-0.2, -0.15) is 4.31 Å². The molecule has 2 aromatic rings. The minimum Gasteiger partial charge on any atom is -0.336 e. The normalized spacial score (nSPS) is 16.0. The number of nitrogens with zero attached hydrogens (tertiary/aromatic N) is 2. The van der Waals surface area contributed by atoms with E-state index < -0.39 is 10.0 Å². The van der Waals surface area contributed by atoms with Crippen LogP contribution in [0.15, 0.2) is 64.4 Å². The molecule has 0 aliphatic carbocycles. The van der Waals surface area contributed by atoms with Gasteiger partial charge in [-0.3, -0.25) is 4.79 Å². The number of thioether (sulfide) groups is 1. The third kappa shape index (κ3) is 3.89. The lowest BCUT2D eigenvalue weighted by atomic mass is 10.2. The average Bonchev–Trinajstić information content (AvgIpc) is 2.68. The molecule has 1 fully saturated rings. The van der Waals surface area contributed by atoms with Crippen LogP contribution in [-0.2, 0) is 10.0 Å². The molecule has 1 aliphatic rings. The minimum atomic E-state index is -3.49. The highest BCUT2D eigenvalue weighted by Crippen LogP contribution is 2.19. The predicted octanol–water partition coefficient (Wildman–Crippen LogP) is 2.56. The van der Waals surface area contributed by atoms with E-state index in [2.05, 4.69) is 0 Å². The Bertz CT molecular complexity index is 828. The van der Waals surface area contributed by atoms with Crippen molar-refractivity contribution in [1.29, 1.82) is 0 Å². The van der Waals surface area contributed by atoms with Gasteiger partial charge >= 0.3 is 0 Å². The number of piperazine rings is 1. The van der Waals surface area contributed by atoms with Gasteiger partial charge in [-0.25, -0.2) is 8.42 Å². The summed E-state index contributed by atoms with van der Waals surface area (Å²) in [4.78, 5) is 15.7. The smallest absolute Gasteiger partial charge is 0.253 e. The zero-order chi connectivity index (χ0) is 17.9. The van der Waals surface area contributed by atoms with E-state index in [0.717, 1.165) is 4.90 Å². The summed E-state index contributed by atoms with van der Waals surface area (Å²) in [5, 5.41) is 0. The lowest BCUT2D eigenvalue weighted by Crippen LogP contribution is -2.50. The van der Waals surface area contributed by atoms with Crippen LogP contribution in [0.2, 0.25) is 0 Å². The molecule has 0 aromatic heterocycles. The maximum Gasteiger partial charge on any atom is 0.253 e. The molecule has 132 valence electrons. The number of amides is 1. The number of rotatable bonds is 4. The van der Waals surface area contributed by atoms with Crippen molar-refractivity contribution < 1.29 is 13.2 Å². The summed E-state index contributed by atoms with van der Waals surface area (Å²) in [7, 11) is -3.49. The van der Waals surface area contributed by atoms with E-state index in [9.17, 15) is 13.2 Å². The second-order valence-corrected chi connectivity index (χ2v) is 8.56. The molecule has 0 unspecified atom stereocenters. The zero-order valence-electron chi connectivity index (χ0n) is 14.0. The first kappa shape index (κ1) is 18.0. The van der Waals surface area contributed by atoms with Crippen molar-refractivity contribution in [3.8, 4) is 0 Å². The van der Waals surface area contributed by atoms with Crippen molar-refractivity contribution in [2.24, 2.45) is 0 Å². The summed E-state index contributed by atoms with van der Waals surface area (Å²) >= 11 is 1.63. The largest absolute Gasteiger partial charge is 0.336 e. The Hall–Kier alpha value is -1.83. The van der Waals surface area contributed by atoms with Crippen LogP contribution in [0.1, 0.15) is 10.4 Å². The first-order valence-electron chi connectivity index (χ1n) is 8.01. The fourth-order valence-electron chi connectivity index (χ4n) is 2.79. The summed E-state index contributed by atoms with van der Waals surface area (Å²) in [5.74, 6) is -0.0515. The first-order valence-corrected chi connectivity index (χ1v) is 10.7. The van der Waals surface area contributed by atoms with Crippen LogP contribution in [0.4, 0.5) is 0 Å². The SMILES string of the molecule is CSc1ccc(C(=O)N2CCN(S(=O)(=O)c3ccccc3)CC2)cc1. The Labute approximate surface area is 152 Å². The second kappa shape index (κ2) is 7.59. The van der Waals surface area contributed by atoms with Gasteiger partial charge in [0.25, 0.3) is 5.91 Å². The molecule has 0 radical (unpaired) electrons. The molecule has 0 atom stereocenters. The topological polar surface area (TPSA) is 57.7 Å². The summed E-state index contributed by atoms with van der Waals surface area (Å²) in [5.41, 5.74) is 0.636. The molecule has 0 spiro atoms. The van der Waals surface area contributed by atoms with Crippen LogP contribution in [0.5, 0.6) is 0 Å². The number of sulfonamides is 1. The van der Waals surface area contributed by atoms with E-state index in [0.29, 0.717) is 36.6 Å². The van der Waals surface area contributed by atoms with Gasteiger partial charge in [-0.15, -0.1) is 11.8 Å². The third-order valence-corrected chi connectivity index (χ3v) is 6.90. The third-order valence-electron chi connectivity index (χ3n) is 4.24. The molecule has 7 heteroatoms. The van der Waals surface area contributed by atoms with Crippen molar-refractivity contribution >= 4 is 27.7 Å². The molecule has 1 heterocycles. The first-order chi connectivity index (χ1) is 12.0. The molecule has 5 nitrogen and oxygen atoms in total. The monoisotopic (exact) mass is 376 g/mol. The molecule has 25 heavy (non-hydrogen) atoms. The van der Waals surface area contributed by atoms with Gasteiger partial charge in [0.05, 0.1) is 4.90 Å². The highest BCUT2D eigenvalue weighted by atomic mass is 32.2. The minimum absolute atomic E-state index is 0.0515. The molecule has 0 bridgehead atoms.